The second-order valence-electron chi connectivity index (χ2n) is 10.7. The van der Waals surface area contributed by atoms with Gasteiger partial charge in [-0.25, -0.2) is 14.3 Å². The van der Waals surface area contributed by atoms with Gasteiger partial charge in [-0.3, -0.25) is 9.78 Å². The molecule has 1 saturated heterocycles. The minimum atomic E-state index is -0.504. The molecule has 214 valence electrons. The van der Waals surface area contributed by atoms with Gasteiger partial charge >= 0.3 is 5.69 Å². The van der Waals surface area contributed by atoms with E-state index in [2.05, 4.69) is 22.6 Å². The molecule has 0 bridgehead atoms. The molecule has 0 aliphatic carbocycles. The second-order valence-corrected chi connectivity index (χ2v) is 10.7. The Labute approximate surface area is 244 Å². The summed E-state index contributed by atoms with van der Waals surface area (Å²) in [5, 5.41) is 10.8. The normalized spacial score (nSPS) is 15.1. The molecular weight excluding hydrogens is 530 g/mol. The molecule has 4 heterocycles. The number of aromatic nitrogens is 4. The van der Waals surface area contributed by atoms with E-state index in [-0.39, 0.29) is 17.9 Å². The first-order valence-electron chi connectivity index (χ1n) is 13.8. The summed E-state index contributed by atoms with van der Waals surface area (Å²) >= 11 is 0. The molecule has 0 radical (unpaired) electrons. The van der Waals surface area contributed by atoms with Crippen LogP contribution in [0.3, 0.4) is 0 Å². The fourth-order valence-electron chi connectivity index (χ4n) is 5.57. The van der Waals surface area contributed by atoms with E-state index in [1.807, 2.05) is 56.9 Å². The zero-order valence-corrected chi connectivity index (χ0v) is 24.5. The number of methoxy groups -OCH3 is 1. The van der Waals surface area contributed by atoms with Gasteiger partial charge in [0.2, 0.25) is 5.91 Å². The molecule has 42 heavy (non-hydrogen) atoms. The van der Waals surface area contributed by atoms with Crippen molar-refractivity contribution < 1.29 is 9.53 Å². The van der Waals surface area contributed by atoms with Crippen LogP contribution in [-0.2, 0) is 4.79 Å². The van der Waals surface area contributed by atoms with Crippen LogP contribution in [0.5, 0.6) is 5.75 Å². The van der Waals surface area contributed by atoms with E-state index in [1.165, 1.54) is 10.6 Å². The van der Waals surface area contributed by atoms with Crippen LogP contribution < -0.4 is 15.3 Å². The predicted molar refractivity (Wildman–Crippen MR) is 162 cm³/mol. The maximum Gasteiger partial charge on any atom is 0.355 e. The summed E-state index contributed by atoms with van der Waals surface area (Å²) in [5.41, 5.74) is 3.42. The van der Waals surface area contributed by atoms with E-state index in [1.54, 1.807) is 30.3 Å². The Morgan fingerprint density at radius 1 is 1.21 bits per heavy atom. The molecule has 0 unspecified atom stereocenters. The van der Waals surface area contributed by atoms with E-state index in [4.69, 9.17) is 9.72 Å². The molecule has 1 aliphatic heterocycles. The van der Waals surface area contributed by atoms with Crippen LogP contribution in [0.25, 0.3) is 28.0 Å². The van der Waals surface area contributed by atoms with Gasteiger partial charge in [0, 0.05) is 37.4 Å². The van der Waals surface area contributed by atoms with Gasteiger partial charge in [0.25, 0.3) is 0 Å². The maximum absolute atomic E-state index is 14.1. The number of fused-ring (bicyclic) bond motifs is 1. The highest BCUT2D eigenvalue weighted by Crippen LogP contribution is 2.36. The molecule has 1 aromatic carbocycles. The van der Waals surface area contributed by atoms with Crippen molar-refractivity contribution in [2.24, 2.45) is 0 Å². The summed E-state index contributed by atoms with van der Waals surface area (Å²) in [4.78, 5) is 44.4. The zero-order valence-electron chi connectivity index (χ0n) is 24.5. The standard InChI is InChI=1S/C32H33N7O3/c1-7-26(40)37-14-15-38(21(5)18-37)30-24-16-22(17-33)28(23-10-8-9-11-25(23)42-6)35-31(24)39(32(41)36-30)29-20(4)12-13-34-27(29)19(2)3/h7-13,16,19,21H,1,14-15,18H2,2-6H3/t21-/m0/s1. The van der Waals surface area contributed by atoms with Crippen LogP contribution in [0.4, 0.5) is 5.82 Å². The first kappa shape index (κ1) is 28.5. The number of benzene rings is 1. The van der Waals surface area contributed by atoms with Gasteiger partial charge < -0.3 is 14.5 Å². The van der Waals surface area contributed by atoms with Crippen molar-refractivity contribution >= 4 is 22.8 Å². The number of hydrogen-bond donors (Lipinski definition) is 0. The highest BCUT2D eigenvalue weighted by atomic mass is 16.5. The van der Waals surface area contributed by atoms with Crippen molar-refractivity contribution in [3.05, 3.63) is 82.6 Å². The third-order valence-electron chi connectivity index (χ3n) is 7.64. The number of amides is 1. The minimum Gasteiger partial charge on any atom is -0.496 e. The Balaban J connectivity index is 1.85. The van der Waals surface area contributed by atoms with Crippen molar-refractivity contribution in [2.75, 3.05) is 31.6 Å². The Kier molecular flexibility index (Phi) is 7.77. The van der Waals surface area contributed by atoms with Crippen molar-refractivity contribution in [1.29, 1.82) is 5.26 Å². The zero-order chi connectivity index (χ0) is 30.1. The summed E-state index contributed by atoms with van der Waals surface area (Å²) in [6.07, 6.45) is 3.04. The maximum atomic E-state index is 14.1. The van der Waals surface area contributed by atoms with E-state index < -0.39 is 5.69 Å². The fourth-order valence-corrected chi connectivity index (χ4v) is 5.57. The fraction of sp³-hybridized carbons (Fsp3) is 0.312. The second kappa shape index (κ2) is 11.4. The SMILES string of the molecule is C=CC(=O)N1CCN(c2nc(=O)n(-c3c(C)ccnc3C(C)C)c3nc(-c4ccccc4OC)c(C#N)cc23)[C@@H](C)C1. The highest BCUT2D eigenvalue weighted by Gasteiger charge is 2.30. The van der Waals surface area contributed by atoms with Gasteiger partial charge in [0.1, 0.15) is 17.6 Å². The monoisotopic (exact) mass is 563 g/mol. The number of carbonyl (C=O) groups is 1. The smallest absolute Gasteiger partial charge is 0.355 e. The summed E-state index contributed by atoms with van der Waals surface area (Å²) in [6, 6.07) is 13.1. The molecular formula is C32H33N7O3. The molecule has 10 nitrogen and oxygen atoms in total. The number of rotatable bonds is 6. The van der Waals surface area contributed by atoms with Crippen LogP contribution in [0.1, 0.15) is 43.5 Å². The van der Waals surface area contributed by atoms with Crippen LogP contribution in [0.15, 0.2) is 60.0 Å². The lowest BCUT2D eigenvalue weighted by Crippen LogP contribution is -2.54. The lowest BCUT2D eigenvalue weighted by atomic mass is 10.0. The summed E-state index contributed by atoms with van der Waals surface area (Å²) in [7, 11) is 1.57. The van der Waals surface area contributed by atoms with E-state index in [0.717, 1.165) is 11.3 Å². The number of nitrogens with zero attached hydrogens (tertiary/aromatic N) is 7. The van der Waals surface area contributed by atoms with Gasteiger partial charge in [-0.15, -0.1) is 0 Å². The summed E-state index contributed by atoms with van der Waals surface area (Å²) in [5.74, 6) is 0.857. The molecule has 0 saturated carbocycles. The summed E-state index contributed by atoms with van der Waals surface area (Å²) < 4.78 is 7.12. The Morgan fingerprint density at radius 3 is 2.64 bits per heavy atom. The number of para-hydroxylation sites is 1. The first-order valence-corrected chi connectivity index (χ1v) is 13.8. The number of ether oxygens (including phenoxy) is 1. The molecule has 1 amide bonds. The Morgan fingerprint density at radius 2 is 1.98 bits per heavy atom. The van der Waals surface area contributed by atoms with Crippen molar-refractivity contribution in [3.63, 3.8) is 0 Å². The van der Waals surface area contributed by atoms with Gasteiger partial charge in [0.15, 0.2) is 5.65 Å². The quantitative estimate of drug-likeness (QED) is 0.317. The van der Waals surface area contributed by atoms with Crippen molar-refractivity contribution in [1.82, 2.24) is 24.4 Å². The number of piperazine rings is 1. The summed E-state index contributed by atoms with van der Waals surface area (Å²) in [6.45, 7) is 12.9. The first-order chi connectivity index (χ1) is 20.2. The number of anilines is 1. The number of hydrogen-bond acceptors (Lipinski definition) is 8. The molecule has 0 N–H and O–H groups in total. The topological polar surface area (TPSA) is 117 Å². The molecule has 3 aromatic heterocycles. The average Bonchev–Trinajstić information content (AvgIpc) is 2.99. The Bertz CT molecular complexity index is 1800. The average molecular weight is 564 g/mol. The molecule has 0 spiro atoms. The largest absolute Gasteiger partial charge is 0.496 e. The molecule has 4 aromatic rings. The van der Waals surface area contributed by atoms with Crippen molar-refractivity contribution in [2.45, 2.75) is 39.7 Å². The molecule has 5 rings (SSSR count). The van der Waals surface area contributed by atoms with Gasteiger partial charge in [-0.2, -0.15) is 10.2 Å². The van der Waals surface area contributed by atoms with E-state index >= 15 is 0 Å². The van der Waals surface area contributed by atoms with Crippen LogP contribution >= 0.6 is 0 Å². The number of carbonyl (C=O) groups excluding carboxylic acids is 1. The van der Waals surface area contributed by atoms with E-state index in [0.29, 0.717) is 64.7 Å². The van der Waals surface area contributed by atoms with Crippen LogP contribution in [0, 0.1) is 18.3 Å². The minimum absolute atomic E-state index is 0.0177. The van der Waals surface area contributed by atoms with Crippen LogP contribution in [-0.4, -0.2) is 63.1 Å². The van der Waals surface area contributed by atoms with Crippen molar-refractivity contribution in [3.8, 4) is 28.8 Å². The van der Waals surface area contributed by atoms with Crippen LogP contribution in [0.2, 0.25) is 0 Å². The predicted octanol–water partition coefficient (Wildman–Crippen LogP) is 4.38. The molecule has 1 aliphatic rings. The molecule has 1 atom stereocenters. The van der Waals surface area contributed by atoms with E-state index in [9.17, 15) is 14.9 Å². The lowest BCUT2D eigenvalue weighted by molar-refractivity contribution is -0.126. The lowest BCUT2D eigenvalue weighted by Gasteiger charge is -2.40. The third-order valence-corrected chi connectivity index (χ3v) is 7.64. The number of pyridine rings is 2. The van der Waals surface area contributed by atoms with Gasteiger partial charge in [-0.05, 0) is 55.7 Å². The highest BCUT2D eigenvalue weighted by molar-refractivity contribution is 5.93. The number of nitriles is 1. The Hall–Kier alpha value is -5.04. The van der Waals surface area contributed by atoms with Gasteiger partial charge in [0.05, 0.1) is 35.1 Å². The molecule has 10 heteroatoms. The number of aryl methyl sites for hydroxylation is 1. The van der Waals surface area contributed by atoms with Gasteiger partial charge in [-0.1, -0.05) is 32.6 Å². The third kappa shape index (κ3) is 4.87. The molecule has 1 fully saturated rings.